The zero-order chi connectivity index (χ0) is 10.2. The normalized spacial score (nSPS) is 18.3. The summed E-state index contributed by atoms with van der Waals surface area (Å²) in [6.45, 7) is 0. The molecule has 0 atom stereocenters. The van der Waals surface area contributed by atoms with E-state index in [0.717, 1.165) is 24.8 Å². The Kier molecular flexibility index (Phi) is 1.92. The van der Waals surface area contributed by atoms with Gasteiger partial charge in [-0.05, 0) is 37.0 Å². The molecule has 1 saturated carbocycles. The van der Waals surface area contributed by atoms with Crippen LogP contribution in [0.25, 0.3) is 0 Å². The van der Waals surface area contributed by atoms with E-state index in [-0.39, 0.29) is 5.75 Å². The number of hydrogen-bond acceptors (Lipinski definition) is 2. The van der Waals surface area contributed by atoms with Crippen molar-refractivity contribution in [3.8, 4) is 11.8 Å². The molecule has 0 unspecified atom stereocenters. The number of rotatable bonds is 1. The van der Waals surface area contributed by atoms with E-state index in [1.807, 2.05) is 0 Å². The minimum atomic E-state index is -0.638. The van der Waals surface area contributed by atoms with Crippen molar-refractivity contribution in [1.82, 2.24) is 0 Å². The first-order valence-electron chi connectivity index (χ1n) is 4.58. The maximum Gasteiger partial charge on any atom is 0.164 e. The second kappa shape index (κ2) is 2.98. The Morgan fingerprint density at radius 2 is 2.14 bits per heavy atom. The number of halogens is 1. The monoisotopic (exact) mass is 191 g/mol. The predicted molar refractivity (Wildman–Crippen MR) is 49.2 cm³/mol. The van der Waals surface area contributed by atoms with Crippen LogP contribution in [0, 0.1) is 17.1 Å². The molecule has 1 aromatic rings. The van der Waals surface area contributed by atoms with Crippen molar-refractivity contribution in [3.05, 3.63) is 29.6 Å². The molecule has 72 valence electrons. The average Bonchev–Trinajstić information content (AvgIpc) is 2.10. The molecule has 0 aliphatic heterocycles. The van der Waals surface area contributed by atoms with Crippen LogP contribution in [0.3, 0.4) is 0 Å². The molecule has 0 bridgehead atoms. The number of hydrogen-bond donors (Lipinski definition) is 1. The van der Waals surface area contributed by atoms with Gasteiger partial charge < -0.3 is 5.11 Å². The number of phenols is 1. The molecule has 1 aliphatic rings. The summed E-state index contributed by atoms with van der Waals surface area (Å²) in [5.41, 5.74) is 0.246. The third-order valence-corrected chi connectivity index (χ3v) is 2.92. The Balaban J connectivity index is 2.42. The Morgan fingerprint density at radius 3 is 2.57 bits per heavy atom. The molecule has 2 rings (SSSR count). The van der Waals surface area contributed by atoms with Crippen molar-refractivity contribution < 1.29 is 9.50 Å². The first kappa shape index (κ1) is 9.01. The highest BCUT2D eigenvalue weighted by atomic mass is 19.1. The molecule has 3 heteroatoms. The molecular weight excluding hydrogens is 181 g/mol. The molecule has 0 aromatic heterocycles. The molecule has 1 N–H and O–H groups in total. The van der Waals surface area contributed by atoms with Crippen molar-refractivity contribution in [2.24, 2.45) is 0 Å². The topological polar surface area (TPSA) is 44.0 Å². The first-order chi connectivity index (χ1) is 6.68. The largest absolute Gasteiger partial charge is 0.505 e. The van der Waals surface area contributed by atoms with Crippen LogP contribution in [0.4, 0.5) is 4.39 Å². The number of benzene rings is 1. The van der Waals surface area contributed by atoms with Crippen LogP contribution in [-0.2, 0) is 5.41 Å². The van der Waals surface area contributed by atoms with Gasteiger partial charge in [0.15, 0.2) is 11.6 Å². The number of phenolic OH excluding ortho intramolecular Hbond substituents is 1. The van der Waals surface area contributed by atoms with Crippen molar-refractivity contribution in [2.75, 3.05) is 0 Å². The second-order valence-electron chi connectivity index (χ2n) is 3.71. The summed E-state index contributed by atoms with van der Waals surface area (Å²) in [4.78, 5) is 0. The lowest BCUT2D eigenvalue weighted by atomic mass is 9.65. The van der Waals surface area contributed by atoms with Gasteiger partial charge in [0.05, 0.1) is 11.5 Å². The fraction of sp³-hybridized carbons (Fsp3) is 0.364. The van der Waals surface area contributed by atoms with E-state index in [9.17, 15) is 9.50 Å². The second-order valence-corrected chi connectivity index (χ2v) is 3.71. The van der Waals surface area contributed by atoms with Crippen LogP contribution in [0.15, 0.2) is 18.2 Å². The van der Waals surface area contributed by atoms with E-state index < -0.39 is 11.2 Å². The first-order valence-corrected chi connectivity index (χ1v) is 4.58. The quantitative estimate of drug-likeness (QED) is 0.741. The molecule has 0 amide bonds. The fourth-order valence-electron chi connectivity index (χ4n) is 1.81. The maximum absolute atomic E-state index is 12.8. The summed E-state index contributed by atoms with van der Waals surface area (Å²) in [6.07, 6.45) is 2.62. The standard InChI is InChI=1S/C11H10FNO/c12-9-3-2-8(6-10(9)14)11(7-13)4-1-5-11/h2-3,6,14H,1,4-5H2. The molecule has 0 saturated heterocycles. The van der Waals surface area contributed by atoms with E-state index in [4.69, 9.17) is 5.26 Å². The van der Waals surface area contributed by atoms with E-state index in [1.54, 1.807) is 6.07 Å². The molecule has 1 fully saturated rings. The third-order valence-electron chi connectivity index (χ3n) is 2.92. The van der Waals surface area contributed by atoms with Crippen LogP contribution in [0.1, 0.15) is 24.8 Å². The van der Waals surface area contributed by atoms with E-state index in [2.05, 4.69) is 6.07 Å². The maximum atomic E-state index is 12.8. The third kappa shape index (κ3) is 1.15. The lowest BCUT2D eigenvalue weighted by Gasteiger charge is -2.35. The van der Waals surface area contributed by atoms with Gasteiger partial charge in [0.1, 0.15) is 0 Å². The molecule has 0 heterocycles. The summed E-state index contributed by atoms with van der Waals surface area (Å²) in [7, 11) is 0. The van der Waals surface area contributed by atoms with Gasteiger partial charge >= 0.3 is 0 Å². The van der Waals surface area contributed by atoms with Crippen molar-refractivity contribution >= 4 is 0 Å². The highest BCUT2D eigenvalue weighted by Crippen LogP contribution is 2.43. The van der Waals surface area contributed by atoms with Crippen LogP contribution in [0.5, 0.6) is 5.75 Å². The fourth-order valence-corrected chi connectivity index (χ4v) is 1.81. The SMILES string of the molecule is N#CC1(c2ccc(F)c(O)c2)CCC1. The van der Waals surface area contributed by atoms with Gasteiger partial charge in [-0.1, -0.05) is 6.07 Å². The Labute approximate surface area is 81.6 Å². The van der Waals surface area contributed by atoms with Gasteiger partial charge in [-0.3, -0.25) is 0 Å². The van der Waals surface area contributed by atoms with Gasteiger partial charge in [0, 0.05) is 0 Å². The Hall–Kier alpha value is -1.56. The summed E-state index contributed by atoms with van der Waals surface area (Å²) in [5.74, 6) is -1.01. The van der Waals surface area contributed by atoms with Crippen molar-refractivity contribution in [1.29, 1.82) is 5.26 Å². The molecule has 1 aromatic carbocycles. The predicted octanol–water partition coefficient (Wildman–Crippen LogP) is 2.48. The van der Waals surface area contributed by atoms with Gasteiger partial charge in [0.25, 0.3) is 0 Å². The lowest BCUT2D eigenvalue weighted by Crippen LogP contribution is -2.32. The van der Waals surface area contributed by atoms with Gasteiger partial charge in [-0.2, -0.15) is 5.26 Å². The number of nitriles is 1. The zero-order valence-electron chi connectivity index (χ0n) is 7.63. The molecule has 2 nitrogen and oxygen atoms in total. The summed E-state index contributed by atoms with van der Waals surface area (Å²) < 4.78 is 12.8. The highest BCUT2D eigenvalue weighted by Gasteiger charge is 2.39. The summed E-state index contributed by atoms with van der Waals surface area (Å²) >= 11 is 0. The Morgan fingerprint density at radius 1 is 1.43 bits per heavy atom. The molecule has 14 heavy (non-hydrogen) atoms. The minimum absolute atomic E-state index is 0.371. The lowest BCUT2D eigenvalue weighted by molar-refractivity contribution is 0.321. The molecule has 0 radical (unpaired) electrons. The van der Waals surface area contributed by atoms with Gasteiger partial charge in [-0.15, -0.1) is 0 Å². The van der Waals surface area contributed by atoms with Crippen LogP contribution in [0.2, 0.25) is 0 Å². The van der Waals surface area contributed by atoms with Crippen LogP contribution >= 0.6 is 0 Å². The number of nitrogens with zero attached hydrogens (tertiary/aromatic N) is 1. The van der Waals surface area contributed by atoms with E-state index >= 15 is 0 Å². The van der Waals surface area contributed by atoms with Crippen molar-refractivity contribution in [2.45, 2.75) is 24.7 Å². The van der Waals surface area contributed by atoms with Gasteiger partial charge in [0.2, 0.25) is 0 Å². The van der Waals surface area contributed by atoms with Crippen LogP contribution < -0.4 is 0 Å². The van der Waals surface area contributed by atoms with Crippen LogP contribution in [-0.4, -0.2) is 5.11 Å². The summed E-state index contributed by atoms with van der Waals surface area (Å²) in [5, 5.41) is 18.2. The highest BCUT2D eigenvalue weighted by molar-refractivity contribution is 5.40. The minimum Gasteiger partial charge on any atom is -0.505 e. The van der Waals surface area contributed by atoms with E-state index in [0.29, 0.717) is 0 Å². The summed E-state index contributed by atoms with van der Waals surface area (Å²) in [6, 6.07) is 6.39. The Bertz CT molecular complexity index is 404. The average molecular weight is 191 g/mol. The smallest absolute Gasteiger partial charge is 0.164 e. The van der Waals surface area contributed by atoms with Crippen molar-refractivity contribution in [3.63, 3.8) is 0 Å². The molecule has 0 spiro atoms. The molecule has 1 aliphatic carbocycles. The zero-order valence-corrected chi connectivity index (χ0v) is 7.63. The molecular formula is C11H10FNO. The number of aromatic hydroxyl groups is 1. The van der Waals surface area contributed by atoms with Gasteiger partial charge in [-0.25, -0.2) is 4.39 Å². The van der Waals surface area contributed by atoms with E-state index in [1.165, 1.54) is 12.1 Å².